The summed E-state index contributed by atoms with van der Waals surface area (Å²) in [6.45, 7) is 5.49. The lowest BCUT2D eigenvalue weighted by Gasteiger charge is -2.12. The molecular formula is C22H23N5O3S. The highest BCUT2D eigenvalue weighted by Crippen LogP contribution is 2.21. The Bertz CT molecular complexity index is 1050. The van der Waals surface area contributed by atoms with Gasteiger partial charge in [-0.3, -0.25) is 19.8 Å². The van der Waals surface area contributed by atoms with Crippen LogP contribution in [0.3, 0.4) is 0 Å². The van der Waals surface area contributed by atoms with Crippen LogP contribution in [-0.2, 0) is 4.79 Å². The molecule has 6 N–H and O–H groups in total. The van der Waals surface area contributed by atoms with Crippen molar-refractivity contribution in [2.45, 2.75) is 6.92 Å². The summed E-state index contributed by atoms with van der Waals surface area (Å²) in [7, 11) is 0. The molecule has 160 valence electrons. The summed E-state index contributed by atoms with van der Waals surface area (Å²) in [5.41, 5.74) is 3.84. The van der Waals surface area contributed by atoms with Gasteiger partial charge in [-0.25, -0.2) is 5.84 Å². The molecule has 0 aliphatic heterocycles. The highest BCUT2D eigenvalue weighted by Gasteiger charge is 2.19. The van der Waals surface area contributed by atoms with Gasteiger partial charge in [-0.15, -0.1) is 6.58 Å². The number of amides is 2. The number of rotatable bonds is 8. The summed E-state index contributed by atoms with van der Waals surface area (Å²) in [6, 6.07) is 11.9. The third-order valence-electron chi connectivity index (χ3n) is 4.04. The summed E-state index contributed by atoms with van der Waals surface area (Å²) in [6.07, 6.45) is 4.62. The van der Waals surface area contributed by atoms with Gasteiger partial charge in [0.15, 0.2) is 10.9 Å². The van der Waals surface area contributed by atoms with Crippen LogP contribution in [-0.4, -0.2) is 29.3 Å². The largest absolute Gasteiger partial charge is 0.359 e. The highest BCUT2D eigenvalue weighted by molar-refractivity contribution is 7.80. The summed E-state index contributed by atoms with van der Waals surface area (Å²) >= 11 is 5.18. The van der Waals surface area contributed by atoms with Crippen LogP contribution >= 0.6 is 12.2 Å². The molecule has 0 aromatic heterocycles. The van der Waals surface area contributed by atoms with Gasteiger partial charge in [0, 0.05) is 23.9 Å². The van der Waals surface area contributed by atoms with Gasteiger partial charge in [0.05, 0.1) is 11.3 Å². The van der Waals surface area contributed by atoms with Gasteiger partial charge in [0.25, 0.3) is 5.91 Å². The van der Waals surface area contributed by atoms with Crippen molar-refractivity contribution in [1.82, 2.24) is 10.7 Å². The van der Waals surface area contributed by atoms with E-state index in [2.05, 4.69) is 22.5 Å². The minimum atomic E-state index is -0.676. The molecule has 2 amide bonds. The predicted octanol–water partition coefficient (Wildman–Crippen LogP) is 2.62. The van der Waals surface area contributed by atoms with E-state index in [4.69, 9.17) is 18.1 Å². The van der Waals surface area contributed by atoms with Crippen LogP contribution in [0.1, 0.15) is 33.2 Å². The van der Waals surface area contributed by atoms with Crippen molar-refractivity contribution in [2.24, 2.45) is 5.84 Å². The number of ketones is 1. The number of nitrogens with one attached hydrogen (secondary N) is 4. The molecule has 0 saturated carbocycles. The normalized spacial score (nSPS) is 10.3. The fourth-order valence-electron chi connectivity index (χ4n) is 2.67. The molecule has 0 spiro atoms. The van der Waals surface area contributed by atoms with E-state index in [1.807, 2.05) is 29.7 Å². The Hall–Kier alpha value is -3.82. The number of carbonyl (C=O) groups excluding carboxylic acids is 3. The first-order valence-corrected chi connectivity index (χ1v) is 9.66. The Morgan fingerprint density at radius 2 is 1.87 bits per heavy atom. The molecule has 9 heteroatoms. The summed E-state index contributed by atoms with van der Waals surface area (Å²) in [5.74, 6) is 3.74. The Morgan fingerprint density at radius 1 is 1.13 bits per heavy atom. The van der Waals surface area contributed by atoms with E-state index < -0.39 is 11.8 Å². The number of hydrogen-bond acceptors (Lipinski definition) is 5. The molecule has 0 bridgehead atoms. The molecule has 2 rings (SSSR count). The van der Waals surface area contributed by atoms with E-state index in [1.165, 1.54) is 25.1 Å². The van der Waals surface area contributed by atoms with Crippen LogP contribution in [0.2, 0.25) is 0 Å². The molecule has 0 fully saturated rings. The first kappa shape index (κ1) is 23.5. The smallest absolute Gasteiger partial charge is 0.268 e. The Balaban J connectivity index is 2.15. The van der Waals surface area contributed by atoms with Crippen LogP contribution in [0.25, 0.3) is 6.08 Å². The average Bonchev–Trinajstić information content (AvgIpc) is 2.75. The maximum absolute atomic E-state index is 12.4. The molecule has 0 heterocycles. The van der Waals surface area contributed by atoms with Gasteiger partial charge in [0.1, 0.15) is 0 Å². The van der Waals surface area contributed by atoms with E-state index in [9.17, 15) is 14.4 Å². The molecule has 0 radical (unpaired) electrons. The number of benzene rings is 2. The van der Waals surface area contributed by atoms with Gasteiger partial charge < -0.3 is 16.0 Å². The standard InChI is InChI=1S/C22H23N5O3S/c1-3-12-24-22(31)25-16-7-4-6-15(13-16)10-11-19(29)26-18-9-5-8-17(14(2)28)20(18)21(30)27-23/h3-11,13H,1,12,23H2,2H3,(H,26,29)(H,27,30)(H2,24,25,31). The molecule has 0 aliphatic rings. The molecule has 2 aromatic carbocycles. The Morgan fingerprint density at radius 3 is 2.55 bits per heavy atom. The number of carbonyl (C=O) groups is 3. The van der Waals surface area contributed by atoms with Crippen molar-refractivity contribution in [3.8, 4) is 0 Å². The third kappa shape index (κ3) is 6.88. The number of nitrogen functional groups attached to an aromatic ring is 1. The van der Waals surface area contributed by atoms with E-state index in [0.717, 1.165) is 11.3 Å². The lowest BCUT2D eigenvalue weighted by molar-refractivity contribution is -0.111. The van der Waals surface area contributed by atoms with Crippen molar-refractivity contribution < 1.29 is 14.4 Å². The summed E-state index contributed by atoms with van der Waals surface area (Å²) < 4.78 is 0. The van der Waals surface area contributed by atoms with Crippen LogP contribution in [0.15, 0.2) is 61.2 Å². The van der Waals surface area contributed by atoms with E-state index >= 15 is 0 Å². The van der Waals surface area contributed by atoms with E-state index in [1.54, 1.807) is 18.2 Å². The third-order valence-corrected chi connectivity index (χ3v) is 4.28. The minimum absolute atomic E-state index is 0.00554. The van der Waals surface area contributed by atoms with E-state index in [0.29, 0.717) is 11.7 Å². The topological polar surface area (TPSA) is 125 Å². The summed E-state index contributed by atoms with van der Waals surface area (Å²) in [4.78, 5) is 36.4. The summed E-state index contributed by atoms with van der Waals surface area (Å²) in [5, 5.41) is 9.07. The van der Waals surface area contributed by atoms with Crippen molar-refractivity contribution in [3.05, 3.63) is 77.9 Å². The lowest BCUT2D eigenvalue weighted by atomic mass is 10.0. The van der Waals surface area contributed by atoms with Crippen molar-refractivity contribution in [2.75, 3.05) is 17.2 Å². The zero-order chi connectivity index (χ0) is 22.8. The number of anilines is 2. The molecule has 2 aromatic rings. The lowest BCUT2D eigenvalue weighted by Crippen LogP contribution is -2.32. The SMILES string of the molecule is C=CCNC(=S)Nc1cccc(C=CC(=O)Nc2cccc(C(C)=O)c2C(=O)NN)c1. The second-order valence-electron chi connectivity index (χ2n) is 6.33. The van der Waals surface area contributed by atoms with Crippen LogP contribution in [0.4, 0.5) is 11.4 Å². The van der Waals surface area contributed by atoms with Crippen LogP contribution < -0.4 is 27.2 Å². The monoisotopic (exact) mass is 437 g/mol. The number of nitrogens with two attached hydrogens (primary N) is 1. The number of Topliss-reactive ketones (excluding diaryl/α,β-unsaturated/α-hetero) is 1. The Kier molecular flexibility index (Phi) is 8.62. The predicted molar refractivity (Wildman–Crippen MR) is 127 cm³/mol. The Labute approximate surface area is 185 Å². The first-order chi connectivity index (χ1) is 14.8. The van der Waals surface area contributed by atoms with Crippen LogP contribution in [0, 0.1) is 0 Å². The molecule has 8 nitrogen and oxygen atoms in total. The second-order valence-corrected chi connectivity index (χ2v) is 6.74. The van der Waals surface area contributed by atoms with Gasteiger partial charge in [0.2, 0.25) is 5.91 Å². The molecule has 0 saturated heterocycles. The van der Waals surface area contributed by atoms with Gasteiger partial charge >= 0.3 is 0 Å². The van der Waals surface area contributed by atoms with E-state index in [-0.39, 0.29) is 22.6 Å². The molecule has 0 unspecified atom stereocenters. The van der Waals surface area contributed by atoms with Crippen molar-refractivity contribution in [1.29, 1.82) is 0 Å². The average molecular weight is 438 g/mol. The van der Waals surface area contributed by atoms with Gasteiger partial charge in [-0.2, -0.15) is 0 Å². The first-order valence-electron chi connectivity index (χ1n) is 9.25. The molecule has 31 heavy (non-hydrogen) atoms. The van der Waals surface area contributed by atoms with Gasteiger partial charge in [-0.1, -0.05) is 30.3 Å². The van der Waals surface area contributed by atoms with Crippen molar-refractivity contribution >= 4 is 52.4 Å². The molecule has 0 aliphatic carbocycles. The fourth-order valence-corrected chi connectivity index (χ4v) is 2.87. The molecule has 0 atom stereocenters. The van der Waals surface area contributed by atoms with Gasteiger partial charge in [-0.05, 0) is 49.0 Å². The second kappa shape index (κ2) is 11.4. The zero-order valence-corrected chi connectivity index (χ0v) is 17.7. The highest BCUT2D eigenvalue weighted by atomic mass is 32.1. The molecular weight excluding hydrogens is 414 g/mol. The van der Waals surface area contributed by atoms with Crippen LogP contribution in [0.5, 0.6) is 0 Å². The minimum Gasteiger partial charge on any atom is -0.359 e. The number of thiocarbonyl (C=S) groups is 1. The number of hydrazine groups is 1. The number of hydrogen-bond donors (Lipinski definition) is 5. The quantitative estimate of drug-likeness (QED) is 0.0817. The maximum Gasteiger partial charge on any atom is 0.268 e. The fraction of sp³-hybridized carbons (Fsp3) is 0.0909. The van der Waals surface area contributed by atoms with Crippen molar-refractivity contribution in [3.63, 3.8) is 0 Å². The zero-order valence-electron chi connectivity index (χ0n) is 16.9. The maximum atomic E-state index is 12.4.